The predicted octanol–water partition coefficient (Wildman–Crippen LogP) is 3.01. The van der Waals surface area contributed by atoms with Gasteiger partial charge in [-0.2, -0.15) is 0 Å². The van der Waals surface area contributed by atoms with Gasteiger partial charge in [-0.3, -0.25) is 4.79 Å². The molecule has 0 fully saturated rings. The molecule has 0 aromatic rings. The van der Waals surface area contributed by atoms with E-state index in [9.17, 15) is 4.79 Å². The molecule has 0 saturated carbocycles. The summed E-state index contributed by atoms with van der Waals surface area (Å²) in [5.41, 5.74) is -0.0622. The average Bonchev–Trinajstić information content (AvgIpc) is 1.98. The number of hydrogen-bond donors (Lipinski definition) is 0. The summed E-state index contributed by atoms with van der Waals surface area (Å²) in [7, 11) is 1.45. The molecule has 13 heavy (non-hydrogen) atoms. The molecule has 0 rings (SSSR count). The van der Waals surface area contributed by atoms with Gasteiger partial charge in [0.25, 0.3) is 0 Å². The van der Waals surface area contributed by atoms with E-state index in [4.69, 9.17) is 4.74 Å². The summed E-state index contributed by atoms with van der Waals surface area (Å²) in [6.07, 6.45) is 1.91. The molecule has 2 nitrogen and oxygen atoms in total. The minimum Gasteiger partial charge on any atom is -0.469 e. The molecule has 0 amide bonds. The van der Waals surface area contributed by atoms with Crippen LogP contribution in [0.15, 0.2) is 0 Å². The summed E-state index contributed by atoms with van der Waals surface area (Å²) in [4.78, 5) is 11.3. The Morgan fingerprint density at radius 2 is 1.54 bits per heavy atom. The van der Waals surface area contributed by atoms with E-state index in [-0.39, 0.29) is 16.8 Å². The Kier molecular flexibility index (Phi) is 3.95. The van der Waals surface area contributed by atoms with E-state index in [1.165, 1.54) is 7.11 Å². The summed E-state index contributed by atoms with van der Waals surface area (Å²) < 4.78 is 4.74. The quantitative estimate of drug-likeness (QED) is 0.633. The van der Waals surface area contributed by atoms with Gasteiger partial charge in [0.15, 0.2) is 0 Å². The molecule has 0 aromatic carbocycles. The van der Waals surface area contributed by atoms with Crippen LogP contribution in [0.2, 0.25) is 0 Å². The standard InChI is InChI=1S/C11H22O2/c1-10(2,3)7-8-11(4,5)9(12)13-6/h7-8H2,1-6H3. The fourth-order valence-electron chi connectivity index (χ4n) is 1.07. The van der Waals surface area contributed by atoms with Gasteiger partial charge in [-0.15, -0.1) is 0 Å². The second-order valence-electron chi connectivity index (χ2n) is 5.44. The maximum Gasteiger partial charge on any atom is 0.311 e. The SMILES string of the molecule is COC(=O)C(C)(C)CCC(C)(C)C. The van der Waals surface area contributed by atoms with Gasteiger partial charge in [0.1, 0.15) is 0 Å². The lowest BCUT2D eigenvalue weighted by Gasteiger charge is -2.26. The third kappa shape index (κ3) is 4.91. The Labute approximate surface area is 81.7 Å². The van der Waals surface area contributed by atoms with Crippen LogP contribution in [-0.2, 0) is 9.53 Å². The van der Waals surface area contributed by atoms with Crippen molar-refractivity contribution in [3.8, 4) is 0 Å². The maximum absolute atomic E-state index is 11.3. The average molecular weight is 186 g/mol. The molecule has 0 aromatic heterocycles. The van der Waals surface area contributed by atoms with Crippen LogP contribution in [0, 0.1) is 10.8 Å². The number of hydrogen-bond acceptors (Lipinski definition) is 2. The minimum atomic E-state index is -0.345. The first kappa shape index (κ1) is 12.5. The summed E-state index contributed by atoms with van der Waals surface area (Å²) >= 11 is 0. The molecule has 0 N–H and O–H groups in total. The van der Waals surface area contributed by atoms with Crippen molar-refractivity contribution in [2.75, 3.05) is 7.11 Å². The van der Waals surface area contributed by atoms with Gasteiger partial charge in [-0.25, -0.2) is 0 Å². The second kappa shape index (κ2) is 4.12. The molecule has 0 saturated heterocycles. The molecule has 0 spiro atoms. The van der Waals surface area contributed by atoms with Crippen molar-refractivity contribution in [1.82, 2.24) is 0 Å². The van der Waals surface area contributed by atoms with Crippen molar-refractivity contribution in [1.29, 1.82) is 0 Å². The maximum atomic E-state index is 11.3. The molecule has 0 aliphatic carbocycles. The third-order valence-corrected chi connectivity index (χ3v) is 2.24. The molecule has 2 heteroatoms. The van der Waals surface area contributed by atoms with E-state index in [0.717, 1.165) is 12.8 Å². The van der Waals surface area contributed by atoms with Gasteiger partial charge in [-0.1, -0.05) is 20.8 Å². The molecule has 0 unspecified atom stereocenters. The van der Waals surface area contributed by atoms with Crippen molar-refractivity contribution in [3.63, 3.8) is 0 Å². The highest BCUT2D eigenvalue weighted by Crippen LogP contribution is 2.30. The Bertz CT molecular complexity index is 175. The van der Waals surface area contributed by atoms with Crippen molar-refractivity contribution >= 4 is 5.97 Å². The van der Waals surface area contributed by atoms with Gasteiger partial charge in [0.2, 0.25) is 0 Å². The van der Waals surface area contributed by atoms with Crippen molar-refractivity contribution < 1.29 is 9.53 Å². The highest BCUT2D eigenvalue weighted by atomic mass is 16.5. The number of carbonyl (C=O) groups excluding carboxylic acids is 1. The molecule has 0 bridgehead atoms. The van der Waals surface area contributed by atoms with E-state index < -0.39 is 0 Å². The van der Waals surface area contributed by atoms with E-state index in [2.05, 4.69) is 20.8 Å². The normalized spacial score (nSPS) is 12.8. The first-order valence-corrected chi connectivity index (χ1v) is 4.77. The monoisotopic (exact) mass is 186 g/mol. The van der Waals surface area contributed by atoms with Crippen LogP contribution in [0.3, 0.4) is 0 Å². The first-order valence-electron chi connectivity index (χ1n) is 4.77. The lowest BCUT2D eigenvalue weighted by Crippen LogP contribution is -2.27. The van der Waals surface area contributed by atoms with E-state index in [1.807, 2.05) is 13.8 Å². The first-order chi connectivity index (χ1) is 5.69. The van der Waals surface area contributed by atoms with Crippen LogP contribution in [-0.4, -0.2) is 13.1 Å². The van der Waals surface area contributed by atoms with E-state index >= 15 is 0 Å². The van der Waals surface area contributed by atoms with Gasteiger partial charge in [0.05, 0.1) is 12.5 Å². The molecule has 0 heterocycles. The number of carbonyl (C=O) groups is 1. The highest BCUT2D eigenvalue weighted by Gasteiger charge is 2.29. The molecule has 0 aliphatic rings. The summed E-state index contributed by atoms with van der Waals surface area (Å²) in [6, 6.07) is 0. The third-order valence-electron chi connectivity index (χ3n) is 2.24. The minimum absolute atomic E-state index is 0.114. The second-order valence-corrected chi connectivity index (χ2v) is 5.44. The Hall–Kier alpha value is -0.530. The van der Waals surface area contributed by atoms with Crippen molar-refractivity contribution in [3.05, 3.63) is 0 Å². The van der Waals surface area contributed by atoms with E-state index in [0.29, 0.717) is 0 Å². The zero-order chi connectivity index (χ0) is 10.7. The fraction of sp³-hybridized carbons (Fsp3) is 0.909. The van der Waals surface area contributed by atoms with Gasteiger partial charge < -0.3 is 4.74 Å². The van der Waals surface area contributed by atoms with Crippen LogP contribution >= 0.6 is 0 Å². The Morgan fingerprint density at radius 1 is 1.08 bits per heavy atom. The zero-order valence-corrected chi connectivity index (χ0v) is 9.73. The number of methoxy groups -OCH3 is 1. The van der Waals surface area contributed by atoms with Gasteiger partial charge >= 0.3 is 5.97 Å². The lowest BCUT2D eigenvalue weighted by molar-refractivity contribution is -0.151. The molecular formula is C11H22O2. The molecule has 0 radical (unpaired) electrons. The van der Waals surface area contributed by atoms with Gasteiger partial charge in [0, 0.05) is 0 Å². The molecule has 0 atom stereocenters. The Balaban J connectivity index is 4.11. The highest BCUT2D eigenvalue weighted by molar-refractivity contribution is 5.75. The zero-order valence-electron chi connectivity index (χ0n) is 9.73. The van der Waals surface area contributed by atoms with E-state index in [1.54, 1.807) is 0 Å². The van der Waals surface area contributed by atoms with Gasteiger partial charge in [-0.05, 0) is 32.1 Å². The summed E-state index contributed by atoms with van der Waals surface area (Å²) in [5.74, 6) is -0.114. The van der Waals surface area contributed by atoms with Crippen LogP contribution in [0.1, 0.15) is 47.5 Å². The Morgan fingerprint density at radius 3 is 1.85 bits per heavy atom. The number of ether oxygens (including phenoxy) is 1. The van der Waals surface area contributed by atoms with Crippen LogP contribution in [0.5, 0.6) is 0 Å². The van der Waals surface area contributed by atoms with Crippen LogP contribution in [0.25, 0.3) is 0 Å². The molecule has 0 aliphatic heterocycles. The summed E-state index contributed by atoms with van der Waals surface area (Å²) in [5, 5.41) is 0. The topological polar surface area (TPSA) is 26.3 Å². The fourth-order valence-corrected chi connectivity index (χ4v) is 1.07. The van der Waals surface area contributed by atoms with Crippen molar-refractivity contribution in [2.45, 2.75) is 47.5 Å². The largest absolute Gasteiger partial charge is 0.469 e. The number of rotatable bonds is 3. The molecule has 78 valence electrons. The smallest absolute Gasteiger partial charge is 0.311 e. The number of esters is 1. The van der Waals surface area contributed by atoms with Crippen LogP contribution < -0.4 is 0 Å². The predicted molar refractivity (Wildman–Crippen MR) is 54.5 cm³/mol. The van der Waals surface area contributed by atoms with Crippen molar-refractivity contribution in [2.24, 2.45) is 10.8 Å². The molecular weight excluding hydrogens is 164 g/mol. The summed E-state index contributed by atoms with van der Waals surface area (Å²) in [6.45, 7) is 10.4. The lowest BCUT2D eigenvalue weighted by atomic mass is 9.80. The van der Waals surface area contributed by atoms with Crippen LogP contribution in [0.4, 0.5) is 0 Å².